The molecule has 3 aromatic carbocycles. The van der Waals surface area contributed by atoms with Crippen molar-refractivity contribution in [3.05, 3.63) is 98.1 Å². The lowest BCUT2D eigenvalue weighted by atomic mass is 9.70. The van der Waals surface area contributed by atoms with Crippen LogP contribution in [0.2, 0.25) is 0 Å². The van der Waals surface area contributed by atoms with Gasteiger partial charge in [0.05, 0.1) is 23.2 Å². The van der Waals surface area contributed by atoms with Gasteiger partial charge in [0.15, 0.2) is 0 Å². The molecule has 9 heteroatoms. The summed E-state index contributed by atoms with van der Waals surface area (Å²) in [5.74, 6) is -1.96. The van der Waals surface area contributed by atoms with Crippen LogP contribution in [-0.2, 0) is 14.4 Å². The molecule has 1 N–H and O–H groups in total. The molecule has 3 unspecified atom stereocenters. The minimum absolute atomic E-state index is 0.0152. The molecule has 6 atom stereocenters. The third kappa shape index (κ3) is 4.82. The number of aliphatic hydroxyl groups excluding tert-OH is 1. The summed E-state index contributed by atoms with van der Waals surface area (Å²) in [6.45, 7) is 8.06. The average molecular weight is 661 g/mol. The van der Waals surface area contributed by atoms with E-state index in [0.717, 1.165) is 16.5 Å². The highest BCUT2D eigenvalue weighted by Crippen LogP contribution is 2.68. The standard InChI is InChI=1S/C34H34BrN3O4S/c1-3-16-36(24-12-6-5-7-13-24)31(40)27-28-32(41)38(18-19-39)30(34(28)21-26(35)29(27)43-34)33(42)37(17-4-2)25-15-14-22-10-8-9-11-23(22)20-25/h3-15,20,26-30,39H,1-2,16-19,21H2/t26?,27-,28+,29-,30?,34?/m1/s1. The van der Waals surface area contributed by atoms with Gasteiger partial charge in [-0.1, -0.05) is 76.6 Å². The van der Waals surface area contributed by atoms with Crippen LogP contribution in [0.25, 0.3) is 10.8 Å². The van der Waals surface area contributed by atoms with E-state index >= 15 is 0 Å². The number of β-amino-alcohol motifs (C(OH)–C–C–N with tert-alkyl or cyclic N) is 1. The third-order valence-corrected chi connectivity index (χ3v) is 12.1. The SMILES string of the molecule is C=CCN(C(=O)C1N(CCO)C(=O)[C@@H]2[C@@H](C(=O)N(CC=C)c3ccccc3)[C@@H]3SC12CC3Br)c1ccc2ccccc2c1. The fourth-order valence-corrected chi connectivity index (χ4v) is 10.8. The van der Waals surface area contributed by atoms with Gasteiger partial charge in [-0.3, -0.25) is 14.4 Å². The minimum atomic E-state index is -0.846. The quantitative estimate of drug-likeness (QED) is 0.244. The second kappa shape index (κ2) is 11.9. The van der Waals surface area contributed by atoms with Crippen molar-refractivity contribution in [2.24, 2.45) is 11.8 Å². The fraction of sp³-hybridized carbons (Fsp3) is 0.324. The first kappa shape index (κ1) is 29.7. The molecule has 3 amide bonds. The molecule has 0 saturated carbocycles. The second-order valence-corrected chi connectivity index (χ2v) is 14.0. The fourth-order valence-electron chi connectivity index (χ4n) is 7.22. The van der Waals surface area contributed by atoms with Crippen molar-refractivity contribution in [2.75, 3.05) is 36.0 Å². The van der Waals surface area contributed by atoms with E-state index in [2.05, 4.69) is 29.1 Å². The van der Waals surface area contributed by atoms with E-state index in [1.807, 2.05) is 72.8 Å². The molecular formula is C34H34BrN3O4S. The van der Waals surface area contributed by atoms with Crippen LogP contribution in [0.4, 0.5) is 11.4 Å². The first-order valence-corrected chi connectivity index (χ1v) is 16.3. The van der Waals surface area contributed by atoms with Gasteiger partial charge in [-0.25, -0.2) is 0 Å². The molecule has 0 radical (unpaired) electrons. The van der Waals surface area contributed by atoms with Crippen LogP contribution in [0.3, 0.4) is 0 Å². The lowest BCUT2D eigenvalue weighted by molar-refractivity contribution is -0.139. The molecule has 3 aliphatic rings. The van der Waals surface area contributed by atoms with E-state index in [4.69, 9.17) is 0 Å². The Morgan fingerprint density at radius 3 is 2.28 bits per heavy atom. The number of aliphatic hydroxyl groups is 1. The Morgan fingerprint density at radius 2 is 1.60 bits per heavy atom. The van der Waals surface area contributed by atoms with Crippen molar-refractivity contribution in [2.45, 2.75) is 27.3 Å². The van der Waals surface area contributed by atoms with E-state index in [1.165, 1.54) is 4.90 Å². The smallest absolute Gasteiger partial charge is 0.251 e. The topological polar surface area (TPSA) is 81.2 Å². The summed E-state index contributed by atoms with van der Waals surface area (Å²) in [6.07, 6.45) is 3.93. The summed E-state index contributed by atoms with van der Waals surface area (Å²) in [7, 11) is 0. The van der Waals surface area contributed by atoms with Gasteiger partial charge in [0.2, 0.25) is 11.8 Å². The van der Waals surface area contributed by atoms with Crippen LogP contribution in [0.15, 0.2) is 98.1 Å². The van der Waals surface area contributed by atoms with Crippen molar-refractivity contribution in [3.63, 3.8) is 0 Å². The Hall–Kier alpha value is -3.40. The van der Waals surface area contributed by atoms with Gasteiger partial charge in [-0.2, -0.15) is 0 Å². The molecule has 2 bridgehead atoms. The van der Waals surface area contributed by atoms with E-state index < -0.39 is 22.6 Å². The van der Waals surface area contributed by atoms with Gasteiger partial charge >= 0.3 is 0 Å². The number of hydrogen-bond acceptors (Lipinski definition) is 5. The summed E-state index contributed by atoms with van der Waals surface area (Å²) in [5, 5.41) is 11.9. The zero-order chi connectivity index (χ0) is 30.3. The second-order valence-electron chi connectivity index (χ2n) is 11.3. The Morgan fingerprint density at radius 1 is 0.953 bits per heavy atom. The van der Waals surface area contributed by atoms with Crippen LogP contribution in [0.5, 0.6) is 0 Å². The van der Waals surface area contributed by atoms with Gasteiger partial charge in [-0.05, 0) is 41.5 Å². The number of fused-ring (bicyclic) bond motifs is 2. The Kier molecular flexibility index (Phi) is 8.24. The maximum Gasteiger partial charge on any atom is 0.251 e. The predicted molar refractivity (Wildman–Crippen MR) is 176 cm³/mol. The molecule has 43 heavy (non-hydrogen) atoms. The summed E-state index contributed by atoms with van der Waals surface area (Å²) in [5.41, 5.74) is 1.45. The van der Waals surface area contributed by atoms with E-state index in [-0.39, 0.29) is 47.5 Å². The summed E-state index contributed by atoms with van der Waals surface area (Å²) in [6, 6.07) is 22.4. The van der Waals surface area contributed by atoms with Crippen LogP contribution in [0, 0.1) is 11.8 Å². The lowest BCUT2D eigenvalue weighted by Crippen LogP contribution is -2.56. The number of nitrogens with zero attached hydrogens (tertiary/aromatic N) is 3. The van der Waals surface area contributed by atoms with E-state index in [9.17, 15) is 19.5 Å². The van der Waals surface area contributed by atoms with Crippen molar-refractivity contribution in [3.8, 4) is 0 Å². The molecular weight excluding hydrogens is 626 g/mol. The number of benzene rings is 3. The molecule has 3 saturated heterocycles. The highest BCUT2D eigenvalue weighted by atomic mass is 79.9. The lowest BCUT2D eigenvalue weighted by Gasteiger charge is -2.38. The number of carbonyl (C=O) groups excluding carboxylic acids is 3. The van der Waals surface area contributed by atoms with E-state index in [0.29, 0.717) is 18.7 Å². The molecule has 222 valence electrons. The maximum absolute atomic E-state index is 14.7. The molecule has 3 fully saturated rings. The number of likely N-dealkylation sites (tertiary alicyclic amines) is 1. The van der Waals surface area contributed by atoms with Crippen LogP contribution in [-0.4, -0.2) is 74.8 Å². The maximum atomic E-state index is 14.7. The highest BCUT2D eigenvalue weighted by Gasteiger charge is 2.76. The average Bonchev–Trinajstić information content (AvgIpc) is 3.61. The molecule has 3 heterocycles. The van der Waals surface area contributed by atoms with Crippen molar-refractivity contribution in [1.29, 1.82) is 0 Å². The number of halogens is 1. The normalized spacial score (nSPS) is 27.3. The summed E-state index contributed by atoms with van der Waals surface area (Å²) >= 11 is 5.43. The van der Waals surface area contributed by atoms with Gasteiger partial charge < -0.3 is 19.8 Å². The number of rotatable bonds is 10. The monoisotopic (exact) mass is 659 g/mol. The first-order chi connectivity index (χ1) is 20.9. The molecule has 3 aliphatic heterocycles. The number of carbonyl (C=O) groups is 3. The molecule has 1 spiro atoms. The minimum Gasteiger partial charge on any atom is -0.395 e. The predicted octanol–water partition coefficient (Wildman–Crippen LogP) is 5.03. The van der Waals surface area contributed by atoms with E-state index in [1.54, 1.807) is 33.7 Å². The first-order valence-electron chi connectivity index (χ1n) is 14.5. The molecule has 6 rings (SSSR count). The van der Waals surface area contributed by atoms with Crippen molar-refractivity contribution < 1.29 is 19.5 Å². The molecule has 0 aromatic heterocycles. The van der Waals surface area contributed by atoms with Crippen LogP contribution < -0.4 is 9.80 Å². The van der Waals surface area contributed by atoms with Gasteiger partial charge in [0.1, 0.15) is 6.04 Å². The van der Waals surface area contributed by atoms with Crippen molar-refractivity contribution in [1.82, 2.24) is 4.90 Å². The zero-order valence-electron chi connectivity index (χ0n) is 23.7. The number of amides is 3. The van der Waals surface area contributed by atoms with Crippen molar-refractivity contribution >= 4 is 67.6 Å². The summed E-state index contributed by atoms with van der Waals surface area (Å²) in [4.78, 5) is 48.3. The molecule has 3 aromatic rings. The number of alkyl halides is 1. The third-order valence-electron chi connectivity index (χ3n) is 8.92. The number of thioether (sulfide) groups is 1. The Bertz CT molecular complexity index is 1580. The number of para-hydroxylation sites is 1. The summed E-state index contributed by atoms with van der Waals surface area (Å²) < 4.78 is -0.824. The van der Waals surface area contributed by atoms with Gasteiger partial charge in [-0.15, -0.1) is 24.9 Å². The van der Waals surface area contributed by atoms with Gasteiger partial charge in [0, 0.05) is 41.1 Å². The highest BCUT2D eigenvalue weighted by molar-refractivity contribution is 9.09. The zero-order valence-corrected chi connectivity index (χ0v) is 26.1. The Labute approximate surface area is 264 Å². The molecule has 0 aliphatic carbocycles. The number of anilines is 2. The van der Waals surface area contributed by atoms with Crippen LogP contribution >= 0.6 is 27.7 Å². The van der Waals surface area contributed by atoms with Crippen LogP contribution in [0.1, 0.15) is 6.42 Å². The largest absolute Gasteiger partial charge is 0.395 e. The number of hydrogen-bond donors (Lipinski definition) is 1. The van der Waals surface area contributed by atoms with Gasteiger partial charge in [0.25, 0.3) is 5.91 Å². The Balaban J connectivity index is 1.42. The molecule has 7 nitrogen and oxygen atoms in total.